The van der Waals surface area contributed by atoms with Crippen LogP contribution in [0.1, 0.15) is 27.7 Å². The van der Waals surface area contributed by atoms with Crippen LogP contribution >= 0.6 is 34.4 Å². The molecule has 7 heteroatoms. The van der Waals surface area contributed by atoms with E-state index in [9.17, 15) is 0 Å². The van der Waals surface area contributed by atoms with Gasteiger partial charge in [-0.15, -0.1) is 0 Å². The van der Waals surface area contributed by atoms with Gasteiger partial charge in [-0.25, -0.2) is 0 Å². The van der Waals surface area contributed by atoms with Crippen LogP contribution in [0.3, 0.4) is 0 Å². The van der Waals surface area contributed by atoms with E-state index in [1.165, 1.54) is 0 Å². The minimum atomic E-state index is -0.0591. The van der Waals surface area contributed by atoms with Crippen LogP contribution in [0.25, 0.3) is 0 Å². The zero-order valence-corrected chi connectivity index (χ0v) is 11.3. The van der Waals surface area contributed by atoms with Gasteiger partial charge in [0.05, 0.1) is 0 Å². The van der Waals surface area contributed by atoms with Gasteiger partial charge in [0.2, 0.25) is 6.13 Å². The molecule has 0 bridgehead atoms. The maximum absolute atomic E-state index is 6.34. The summed E-state index contributed by atoms with van der Waals surface area (Å²) in [4.78, 5) is 0. The lowest BCUT2D eigenvalue weighted by atomic mass is 9.30. The van der Waals surface area contributed by atoms with Crippen LogP contribution in [0.4, 0.5) is 0 Å². The molecule has 78 valence electrons. The van der Waals surface area contributed by atoms with E-state index in [0.29, 0.717) is 6.04 Å². The van der Waals surface area contributed by atoms with Crippen molar-refractivity contribution in [2.45, 2.75) is 45.2 Å². The molecule has 0 spiro atoms. The number of rotatable bonds is 1. The molecule has 0 saturated carbocycles. The summed E-state index contributed by atoms with van der Waals surface area (Å²) in [5, 5.41) is 0. The molecule has 1 nitrogen and oxygen atoms in total. The van der Waals surface area contributed by atoms with E-state index in [-0.39, 0.29) is 30.1 Å². The first-order chi connectivity index (χ1) is 6.37. The van der Waals surface area contributed by atoms with Crippen molar-refractivity contribution in [3.63, 3.8) is 0 Å². The van der Waals surface area contributed by atoms with Gasteiger partial charge >= 0.3 is 12.5 Å². The van der Waals surface area contributed by atoms with Crippen molar-refractivity contribution in [2.24, 2.45) is 0 Å². The summed E-state index contributed by atoms with van der Waals surface area (Å²) < 4.78 is 2.14. The molecule has 2 unspecified atom stereocenters. The fourth-order valence-corrected chi connectivity index (χ4v) is 3.52. The first-order valence-corrected chi connectivity index (χ1v) is 6.38. The molecule has 0 aliphatic carbocycles. The standard InChI is InChI=1S/C7H15B3Cl3N/c1-5(2)14-9(12)6(3)8(11)7(4)10(14)13/h5-7H,1-4H3. The highest BCUT2D eigenvalue weighted by Crippen LogP contribution is 2.40. The second-order valence-electron chi connectivity index (χ2n) is 4.45. The molecule has 1 aliphatic rings. The summed E-state index contributed by atoms with van der Waals surface area (Å²) in [5.74, 6) is 0. The second kappa shape index (κ2) is 4.90. The quantitative estimate of drug-likeness (QED) is 0.647. The topological polar surface area (TPSA) is 3.24 Å². The third-order valence-electron chi connectivity index (χ3n) is 3.04. The number of halogens is 3. The highest BCUT2D eigenvalue weighted by atomic mass is 35.5. The van der Waals surface area contributed by atoms with Gasteiger partial charge in [0, 0.05) is 0 Å². The lowest BCUT2D eigenvalue weighted by Gasteiger charge is -2.43. The van der Waals surface area contributed by atoms with Crippen LogP contribution in [-0.2, 0) is 0 Å². The van der Waals surface area contributed by atoms with Crippen molar-refractivity contribution in [2.75, 3.05) is 0 Å². The Hall–Kier alpha value is 1.02. The molecule has 0 aromatic heterocycles. The number of nitrogens with zero attached hydrogens (tertiary/aromatic N) is 1. The maximum atomic E-state index is 6.34. The van der Waals surface area contributed by atoms with Crippen molar-refractivity contribution in [3.8, 4) is 0 Å². The molecule has 0 aromatic carbocycles. The molecule has 0 aromatic rings. The predicted molar refractivity (Wildman–Crippen MR) is 70.6 cm³/mol. The largest absolute Gasteiger partial charge is 0.355 e. The van der Waals surface area contributed by atoms with Crippen molar-refractivity contribution in [1.82, 2.24) is 4.72 Å². The zero-order chi connectivity index (χ0) is 11.0. The first-order valence-electron chi connectivity index (χ1n) is 5.07. The fraction of sp³-hybridized carbons (Fsp3) is 1.00. The van der Waals surface area contributed by atoms with Gasteiger partial charge in [-0.3, -0.25) is 0 Å². The first kappa shape index (κ1) is 13.1. The van der Waals surface area contributed by atoms with E-state index in [0.717, 1.165) is 0 Å². The van der Waals surface area contributed by atoms with E-state index in [2.05, 4.69) is 32.4 Å². The summed E-state index contributed by atoms with van der Waals surface area (Å²) in [6.07, 6.45) is -0.0533. The van der Waals surface area contributed by atoms with Crippen molar-refractivity contribution >= 4 is 53.0 Å². The Morgan fingerprint density at radius 2 is 1.36 bits per heavy atom. The molecule has 1 aliphatic heterocycles. The van der Waals surface area contributed by atoms with Crippen LogP contribution in [0.2, 0.25) is 11.4 Å². The fourth-order valence-electron chi connectivity index (χ4n) is 2.03. The number of hydrogen-bond donors (Lipinski definition) is 0. The molecule has 2 atom stereocenters. The molecule has 1 rings (SSSR count). The van der Waals surface area contributed by atoms with Crippen molar-refractivity contribution in [3.05, 3.63) is 0 Å². The van der Waals surface area contributed by atoms with Gasteiger partial charge in [-0.05, 0) is 17.5 Å². The van der Waals surface area contributed by atoms with Crippen LogP contribution in [0.15, 0.2) is 0 Å². The number of hydrogen-bond acceptors (Lipinski definition) is 1. The third-order valence-corrected chi connectivity index (χ3v) is 5.08. The van der Waals surface area contributed by atoms with Gasteiger partial charge in [-0.1, -0.05) is 27.7 Å². The smallest absolute Gasteiger partial charge is 0.318 e. The van der Waals surface area contributed by atoms with Crippen LogP contribution < -0.4 is 0 Å². The summed E-state index contributed by atoms with van der Waals surface area (Å²) >= 11 is 19.0. The zero-order valence-electron chi connectivity index (χ0n) is 9.05. The summed E-state index contributed by atoms with van der Waals surface area (Å²) in [5.41, 5.74) is 0.538. The summed E-state index contributed by atoms with van der Waals surface area (Å²) in [7, 11) is 0. The molecule has 1 fully saturated rings. The molecule has 1 saturated heterocycles. The Balaban J connectivity index is 2.86. The average molecular weight is 252 g/mol. The van der Waals surface area contributed by atoms with E-state index in [4.69, 9.17) is 34.4 Å². The Morgan fingerprint density at radius 1 is 1.00 bits per heavy atom. The Morgan fingerprint density at radius 3 is 1.64 bits per heavy atom. The van der Waals surface area contributed by atoms with E-state index >= 15 is 0 Å². The van der Waals surface area contributed by atoms with Crippen molar-refractivity contribution in [1.29, 1.82) is 0 Å². The Kier molecular flexibility index (Phi) is 4.59. The third kappa shape index (κ3) is 2.24. The van der Waals surface area contributed by atoms with Crippen LogP contribution in [0.5, 0.6) is 0 Å². The molecule has 1 heterocycles. The molecule has 0 amide bonds. The lowest BCUT2D eigenvalue weighted by molar-refractivity contribution is 0.529. The average Bonchev–Trinajstić information content (AvgIpc) is 2.11. The van der Waals surface area contributed by atoms with Crippen LogP contribution in [0, 0.1) is 0 Å². The monoisotopic (exact) mass is 251 g/mol. The minimum Gasteiger partial charge on any atom is -0.355 e. The van der Waals surface area contributed by atoms with Crippen molar-refractivity contribution < 1.29 is 0 Å². The second-order valence-corrected chi connectivity index (χ2v) is 5.85. The SMILES string of the molecule is CC1B(Cl)C(C)B(Cl)N(C(C)C)B1Cl. The van der Waals surface area contributed by atoms with E-state index in [1.807, 2.05) is 0 Å². The summed E-state index contributed by atoms with van der Waals surface area (Å²) in [6, 6.07) is 0.356. The normalized spacial score (nSPS) is 30.4. The molecule has 0 radical (unpaired) electrons. The Labute approximate surface area is 103 Å². The Bertz CT molecular complexity index is 191. The van der Waals surface area contributed by atoms with Gasteiger partial charge in [0.15, 0.2) is 0 Å². The molecule has 14 heavy (non-hydrogen) atoms. The molecular weight excluding hydrogens is 237 g/mol. The molecular formula is C7H15B3Cl3N. The highest BCUT2D eigenvalue weighted by Gasteiger charge is 2.50. The molecule has 0 N–H and O–H groups in total. The van der Waals surface area contributed by atoms with Crippen LogP contribution in [-0.4, -0.2) is 29.4 Å². The lowest BCUT2D eigenvalue weighted by Crippen LogP contribution is -2.59. The van der Waals surface area contributed by atoms with Gasteiger partial charge in [0.25, 0.3) is 0 Å². The van der Waals surface area contributed by atoms with E-state index < -0.39 is 0 Å². The minimum absolute atomic E-state index is 0.0591. The predicted octanol–water partition coefficient (Wildman–Crippen LogP) is 3.25. The van der Waals surface area contributed by atoms with Gasteiger partial charge in [0.1, 0.15) is 0 Å². The van der Waals surface area contributed by atoms with E-state index in [1.54, 1.807) is 0 Å². The summed E-state index contributed by atoms with van der Waals surface area (Å²) in [6.45, 7) is 8.39. The highest BCUT2D eigenvalue weighted by molar-refractivity contribution is 7.31. The maximum Gasteiger partial charge on any atom is 0.318 e. The van der Waals surface area contributed by atoms with Gasteiger partial charge < -0.3 is 4.72 Å². The van der Waals surface area contributed by atoms with Gasteiger partial charge in [-0.2, -0.15) is 34.4 Å².